The number of thiophene rings is 1. The summed E-state index contributed by atoms with van der Waals surface area (Å²) in [6.45, 7) is 6.25. The SMILES string of the molecule is CCN(CC)S(=O)(=O)c1ccc2c(c1)CC(C(=O)NCCc1cccs1)N2C(C)=O. The summed E-state index contributed by atoms with van der Waals surface area (Å²) in [7, 11) is -3.61. The molecule has 2 amide bonds. The molecule has 2 heterocycles. The van der Waals surface area contributed by atoms with E-state index in [4.69, 9.17) is 0 Å². The van der Waals surface area contributed by atoms with Crippen LogP contribution in [0.25, 0.3) is 0 Å². The lowest BCUT2D eigenvalue weighted by atomic mass is 10.1. The molecule has 1 aliphatic rings. The Morgan fingerprint density at radius 2 is 1.97 bits per heavy atom. The molecular weight excluding hydrogens is 422 g/mol. The molecule has 3 rings (SSSR count). The Kier molecular flexibility index (Phi) is 6.95. The van der Waals surface area contributed by atoms with Gasteiger partial charge in [0.2, 0.25) is 21.8 Å². The van der Waals surface area contributed by atoms with Gasteiger partial charge in [-0.3, -0.25) is 14.5 Å². The largest absolute Gasteiger partial charge is 0.354 e. The van der Waals surface area contributed by atoms with Crippen LogP contribution in [0.4, 0.5) is 5.69 Å². The summed E-state index contributed by atoms with van der Waals surface area (Å²) < 4.78 is 27.1. The van der Waals surface area contributed by atoms with Crippen molar-refractivity contribution in [2.75, 3.05) is 24.5 Å². The summed E-state index contributed by atoms with van der Waals surface area (Å²) in [6, 6.07) is 8.05. The zero-order valence-corrected chi connectivity index (χ0v) is 19.1. The van der Waals surface area contributed by atoms with Crippen LogP contribution in [-0.4, -0.2) is 50.2 Å². The Bertz CT molecular complexity index is 1010. The number of benzene rings is 1. The predicted octanol–water partition coefficient (Wildman–Crippen LogP) is 2.42. The third-order valence-electron chi connectivity index (χ3n) is 5.27. The molecule has 0 saturated carbocycles. The van der Waals surface area contributed by atoms with Gasteiger partial charge in [-0.2, -0.15) is 4.31 Å². The number of carbonyl (C=O) groups excluding carboxylic acids is 2. The average Bonchev–Trinajstić information content (AvgIpc) is 3.35. The van der Waals surface area contributed by atoms with Crippen molar-refractivity contribution >= 4 is 38.9 Å². The van der Waals surface area contributed by atoms with Gasteiger partial charge in [0.05, 0.1) is 4.90 Å². The molecule has 0 aliphatic carbocycles. The molecule has 0 bridgehead atoms. The van der Waals surface area contributed by atoms with Crippen molar-refractivity contribution in [2.24, 2.45) is 0 Å². The van der Waals surface area contributed by atoms with E-state index < -0.39 is 16.1 Å². The molecule has 0 saturated heterocycles. The van der Waals surface area contributed by atoms with Crippen LogP contribution in [0.3, 0.4) is 0 Å². The molecule has 0 fully saturated rings. The summed E-state index contributed by atoms with van der Waals surface area (Å²) >= 11 is 1.64. The maximum atomic E-state index is 12.8. The van der Waals surface area contributed by atoms with Crippen LogP contribution in [-0.2, 0) is 32.5 Å². The number of anilines is 1. The maximum Gasteiger partial charge on any atom is 0.243 e. The van der Waals surface area contributed by atoms with E-state index in [1.54, 1.807) is 37.3 Å². The molecule has 0 radical (unpaired) electrons. The number of nitrogens with zero attached hydrogens (tertiary/aromatic N) is 2. The van der Waals surface area contributed by atoms with Crippen LogP contribution in [0.15, 0.2) is 40.6 Å². The van der Waals surface area contributed by atoms with E-state index in [1.165, 1.54) is 27.1 Å². The summed E-state index contributed by atoms with van der Waals surface area (Å²) in [5, 5.41) is 4.90. The fraction of sp³-hybridized carbons (Fsp3) is 0.429. The Hall–Kier alpha value is -2.23. The van der Waals surface area contributed by atoms with E-state index >= 15 is 0 Å². The Morgan fingerprint density at radius 1 is 1.23 bits per heavy atom. The molecule has 1 aromatic carbocycles. The first kappa shape index (κ1) is 22.5. The molecule has 162 valence electrons. The fourth-order valence-electron chi connectivity index (χ4n) is 3.78. The number of hydrogen-bond donors (Lipinski definition) is 1. The van der Waals surface area contributed by atoms with Gasteiger partial charge in [-0.1, -0.05) is 19.9 Å². The highest BCUT2D eigenvalue weighted by Gasteiger charge is 2.37. The maximum absolute atomic E-state index is 12.8. The summed E-state index contributed by atoms with van der Waals surface area (Å²) in [4.78, 5) is 27.9. The quantitative estimate of drug-likeness (QED) is 0.671. The van der Waals surface area contributed by atoms with E-state index in [1.807, 2.05) is 17.5 Å². The molecule has 1 aliphatic heterocycles. The second-order valence-electron chi connectivity index (χ2n) is 7.11. The molecule has 9 heteroatoms. The van der Waals surface area contributed by atoms with E-state index in [0.29, 0.717) is 37.3 Å². The van der Waals surface area contributed by atoms with Gasteiger partial charge in [0.25, 0.3) is 0 Å². The van der Waals surface area contributed by atoms with Crippen molar-refractivity contribution in [1.82, 2.24) is 9.62 Å². The Morgan fingerprint density at radius 3 is 2.57 bits per heavy atom. The van der Waals surface area contributed by atoms with Crippen LogP contribution >= 0.6 is 11.3 Å². The third-order valence-corrected chi connectivity index (χ3v) is 8.25. The van der Waals surface area contributed by atoms with Gasteiger partial charge >= 0.3 is 0 Å². The molecular formula is C21H27N3O4S2. The number of amides is 2. The van der Waals surface area contributed by atoms with Crippen molar-refractivity contribution < 1.29 is 18.0 Å². The van der Waals surface area contributed by atoms with Crippen LogP contribution in [0.2, 0.25) is 0 Å². The molecule has 7 nitrogen and oxygen atoms in total. The standard InChI is InChI=1S/C21H27N3O4S2/c1-4-23(5-2)30(27,28)18-8-9-19-16(13-18)14-20(24(19)15(3)25)21(26)22-11-10-17-7-6-12-29-17/h6-9,12-13,20H,4-5,10-11,14H2,1-3H3,(H,22,26). The molecule has 1 unspecified atom stereocenters. The zero-order chi connectivity index (χ0) is 21.9. The molecule has 1 atom stereocenters. The van der Waals surface area contributed by atoms with E-state index in [0.717, 1.165) is 6.42 Å². The molecule has 2 aromatic rings. The lowest BCUT2D eigenvalue weighted by Gasteiger charge is -2.23. The van der Waals surface area contributed by atoms with Gasteiger partial charge < -0.3 is 5.32 Å². The van der Waals surface area contributed by atoms with Crippen molar-refractivity contribution in [3.8, 4) is 0 Å². The first-order chi connectivity index (χ1) is 14.3. The van der Waals surface area contributed by atoms with Crippen molar-refractivity contribution in [1.29, 1.82) is 0 Å². The summed E-state index contributed by atoms with van der Waals surface area (Å²) in [6.07, 6.45) is 1.02. The summed E-state index contributed by atoms with van der Waals surface area (Å²) in [5.41, 5.74) is 1.29. The van der Waals surface area contributed by atoms with Gasteiger partial charge in [0.15, 0.2) is 0 Å². The normalized spacial score (nSPS) is 16.0. The van der Waals surface area contributed by atoms with E-state index in [-0.39, 0.29) is 16.7 Å². The first-order valence-electron chi connectivity index (χ1n) is 10.0. The van der Waals surface area contributed by atoms with Crippen LogP contribution in [0.5, 0.6) is 0 Å². The highest BCUT2D eigenvalue weighted by molar-refractivity contribution is 7.89. The lowest BCUT2D eigenvalue weighted by Crippen LogP contribution is -2.47. The van der Waals surface area contributed by atoms with Gasteiger partial charge in [0, 0.05) is 43.5 Å². The van der Waals surface area contributed by atoms with Crippen molar-refractivity contribution in [2.45, 2.75) is 44.6 Å². The lowest BCUT2D eigenvalue weighted by molar-refractivity contribution is -0.125. The first-order valence-corrected chi connectivity index (χ1v) is 12.3. The van der Waals surface area contributed by atoms with Crippen molar-refractivity contribution in [3.63, 3.8) is 0 Å². The predicted molar refractivity (Wildman–Crippen MR) is 118 cm³/mol. The van der Waals surface area contributed by atoms with Gasteiger partial charge in [-0.05, 0) is 41.6 Å². The second kappa shape index (κ2) is 9.28. The number of nitrogens with one attached hydrogen (secondary N) is 1. The fourth-order valence-corrected chi connectivity index (χ4v) is 6.00. The third kappa shape index (κ3) is 4.43. The molecule has 1 aromatic heterocycles. The Balaban J connectivity index is 1.80. The number of hydrogen-bond acceptors (Lipinski definition) is 5. The minimum Gasteiger partial charge on any atom is -0.354 e. The molecule has 30 heavy (non-hydrogen) atoms. The number of rotatable bonds is 8. The highest BCUT2D eigenvalue weighted by Crippen LogP contribution is 2.34. The van der Waals surface area contributed by atoms with Crippen LogP contribution < -0.4 is 10.2 Å². The van der Waals surface area contributed by atoms with Gasteiger partial charge in [-0.15, -0.1) is 11.3 Å². The van der Waals surface area contributed by atoms with E-state index in [2.05, 4.69) is 5.32 Å². The van der Waals surface area contributed by atoms with Crippen molar-refractivity contribution in [3.05, 3.63) is 46.2 Å². The van der Waals surface area contributed by atoms with E-state index in [9.17, 15) is 18.0 Å². The topological polar surface area (TPSA) is 86.8 Å². The van der Waals surface area contributed by atoms with Crippen LogP contribution in [0.1, 0.15) is 31.2 Å². The molecule has 0 spiro atoms. The Labute approximate surface area is 181 Å². The number of fused-ring (bicyclic) bond motifs is 1. The number of carbonyl (C=O) groups is 2. The van der Waals surface area contributed by atoms with Gasteiger partial charge in [-0.25, -0.2) is 8.42 Å². The minimum atomic E-state index is -3.61. The summed E-state index contributed by atoms with van der Waals surface area (Å²) in [5.74, 6) is -0.474. The highest BCUT2D eigenvalue weighted by atomic mass is 32.2. The zero-order valence-electron chi connectivity index (χ0n) is 17.4. The number of sulfonamides is 1. The smallest absolute Gasteiger partial charge is 0.243 e. The minimum absolute atomic E-state index is 0.187. The second-order valence-corrected chi connectivity index (χ2v) is 10.1. The molecule has 1 N–H and O–H groups in total. The van der Waals surface area contributed by atoms with Crippen LogP contribution in [0, 0.1) is 0 Å². The van der Waals surface area contributed by atoms with Gasteiger partial charge in [0.1, 0.15) is 6.04 Å². The average molecular weight is 450 g/mol. The monoisotopic (exact) mass is 449 g/mol.